The van der Waals surface area contributed by atoms with Gasteiger partial charge >= 0.3 is 0 Å². The zero-order valence-electron chi connectivity index (χ0n) is 18.3. The fourth-order valence-electron chi connectivity index (χ4n) is 4.17. The van der Waals surface area contributed by atoms with Crippen LogP contribution in [0.5, 0.6) is 0 Å². The van der Waals surface area contributed by atoms with E-state index in [-0.39, 0.29) is 11.3 Å². The van der Waals surface area contributed by atoms with Crippen molar-refractivity contribution in [3.63, 3.8) is 0 Å². The minimum absolute atomic E-state index is 0.0901. The maximum atomic E-state index is 12.4. The maximum absolute atomic E-state index is 12.4. The van der Waals surface area contributed by atoms with Gasteiger partial charge in [-0.2, -0.15) is 0 Å². The first kappa shape index (κ1) is 21.5. The maximum Gasteiger partial charge on any atom is 0.248 e. The molecule has 2 aliphatic heterocycles. The van der Waals surface area contributed by atoms with Gasteiger partial charge in [-0.1, -0.05) is 19.9 Å². The quantitative estimate of drug-likeness (QED) is 0.467. The number of primary amides is 1. The van der Waals surface area contributed by atoms with Gasteiger partial charge in [0.15, 0.2) is 5.66 Å². The molecule has 4 rings (SSSR count). The molecule has 2 amide bonds. The van der Waals surface area contributed by atoms with E-state index in [1.54, 1.807) is 31.6 Å². The van der Waals surface area contributed by atoms with Crippen LogP contribution in [0.4, 0.5) is 11.6 Å². The Morgan fingerprint density at radius 3 is 2.84 bits per heavy atom. The summed E-state index contributed by atoms with van der Waals surface area (Å²) in [5, 5.41) is 12.6. The molecule has 0 fully saturated rings. The molecule has 0 saturated carbocycles. The Morgan fingerprint density at radius 2 is 2.09 bits per heavy atom. The highest BCUT2D eigenvalue weighted by Gasteiger charge is 2.42. The van der Waals surface area contributed by atoms with Crippen molar-refractivity contribution in [1.82, 2.24) is 20.6 Å². The summed E-state index contributed by atoms with van der Waals surface area (Å²) in [4.78, 5) is 33.7. The van der Waals surface area contributed by atoms with Gasteiger partial charge in [-0.3, -0.25) is 14.9 Å². The number of dihydropyridines is 1. The number of aromatic nitrogens is 2. The molecule has 0 radical (unpaired) electrons. The van der Waals surface area contributed by atoms with Gasteiger partial charge < -0.3 is 21.7 Å². The van der Waals surface area contributed by atoms with E-state index in [2.05, 4.69) is 26.3 Å². The molecule has 32 heavy (non-hydrogen) atoms. The third-order valence-corrected chi connectivity index (χ3v) is 5.84. The van der Waals surface area contributed by atoms with E-state index in [1.807, 2.05) is 38.1 Å². The van der Waals surface area contributed by atoms with Crippen LogP contribution in [0.25, 0.3) is 0 Å². The number of fused-ring (bicyclic) bond motifs is 1. The molecule has 0 spiro atoms. The molecule has 0 aliphatic carbocycles. The lowest BCUT2D eigenvalue weighted by Crippen LogP contribution is -2.57. The van der Waals surface area contributed by atoms with E-state index < -0.39 is 11.6 Å². The van der Waals surface area contributed by atoms with Crippen LogP contribution >= 0.6 is 0 Å². The van der Waals surface area contributed by atoms with Crippen molar-refractivity contribution >= 4 is 23.5 Å². The largest absolute Gasteiger partial charge is 0.373 e. The van der Waals surface area contributed by atoms with E-state index in [9.17, 15) is 9.59 Å². The molecule has 2 aromatic heterocycles. The monoisotopic (exact) mass is 433 g/mol. The Morgan fingerprint density at radius 1 is 1.28 bits per heavy atom. The Kier molecular flexibility index (Phi) is 5.43. The summed E-state index contributed by atoms with van der Waals surface area (Å²) in [5.74, 6) is 0.556. The van der Waals surface area contributed by atoms with E-state index in [0.717, 1.165) is 16.9 Å². The van der Waals surface area contributed by atoms with Crippen LogP contribution in [-0.4, -0.2) is 28.8 Å². The Balaban J connectivity index is 1.78. The third kappa shape index (κ3) is 3.82. The summed E-state index contributed by atoms with van der Waals surface area (Å²) in [6.07, 6.45) is 7.21. The van der Waals surface area contributed by atoms with Gasteiger partial charge in [0.2, 0.25) is 11.8 Å². The molecular formula is C23H27N7O2. The minimum atomic E-state index is -1.18. The fourth-order valence-corrected chi connectivity index (χ4v) is 4.17. The van der Waals surface area contributed by atoms with Crippen LogP contribution < -0.4 is 27.0 Å². The molecule has 1 atom stereocenters. The number of nitrogens with zero attached hydrogens (tertiary/aromatic N) is 2. The van der Waals surface area contributed by atoms with Crippen molar-refractivity contribution in [1.29, 1.82) is 0 Å². The Labute approximate surface area is 186 Å². The van der Waals surface area contributed by atoms with Crippen molar-refractivity contribution in [3.05, 3.63) is 71.2 Å². The van der Waals surface area contributed by atoms with Crippen LogP contribution in [-0.2, 0) is 27.2 Å². The first-order valence-corrected chi connectivity index (χ1v) is 10.4. The number of anilines is 2. The normalized spacial score (nSPS) is 21.1. The predicted octanol–water partition coefficient (Wildman–Crippen LogP) is 1.61. The van der Waals surface area contributed by atoms with Crippen LogP contribution in [0.2, 0.25) is 0 Å². The van der Waals surface area contributed by atoms with Crippen LogP contribution in [0.3, 0.4) is 0 Å². The summed E-state index contributed by atoms with van der Waals surface area (Å²) in [6, 6.07) is 7.61. The van der Waals surface area contributed by atoms with Crippen molar-refractivity contribution in [2.45, 2.75) is 37.9 Å². The standard InChI is InChI=1S/C23H27N7O2/c1-22(2)12-19(31)30-21-16(22)6-7-17(29-21)23(15(20(24)32)5-4-9-27-23)28-13-14-8-10-26-18(11-14)25-3/h4-11,27-28H,12-13H2,1-3H3,(H2,24,32)(H,25,26)(H,29,30,31). The van der Waals surface area contributed by atoms with Crippen molar-refractivity contribution in [2.24, 2.45) is 5.73 Å². The molecule has 6 N–H and O–H groups in total. The number of carbonyl (C=O) groups excluding carboxylic acids is 2. The van der Waals surface area contributed by atoms with E-state index >= 15 is 0 Å². The van der Waals surface area contributed by atoms with Crippen LogP contribution in [0.15, 0.2) is 54.4 Å². The van der Waals surface area contributed by atoms with Gasteiger partial charge in [0.05, 0.1) is 11.3 Å². The van der Waals surface area contributed by atoms with E-state index in [0.29, 0.717) is 30.1 Å². The minimum Gasteiger partial charge on any atom is -0.373 e. The van der Waals surface area contributed by atoms with Crippen LogP contribution in [0, 0.1) is 0 Å². The zero-order valence-corrected chi connectivity index (χ0v) is 18.3. The number of pyridine rings is 2. The van der Waals surface area contributed by atoms with Gasteiger partial charge in [-0.15, -0.1) is 0 Å². The number of hydrogen-bond donors (Lipinski definition) is 5. The number of nitrogens with two attached hydrogens (primary N) is 1. The van der Waals surface area contributed by atoms with E-state index in [1.165, 1.54) is 0 Å². The molecule has 0 saturated heterocycles. The van der Waals surface area contributed by atoms with Crippen molar-refractivity contribution in [3.8, 4) is 0 Å². The van der Waals surface area contributed by atoms with Gasteiger partial charge in [0.25, 0.3) is 0 Å². The summed E-state index contributed by atoms with van der Waals surface area (Å²) < 4.78 is 0. The zero-order chi connectivity index (χ0) is 22.9. The third-order valence-electron chi connectivity index (χ3n) is 5.84. The molecule has 0 bridgehead atoms. The molecule has 2 aromatic rings. The molecule has 9 nitrogen and oxygen atoms in total. The summed E-state index contributed by atoms with van der Waals surface area (Å²) >= 11 is 0. The lowest BCUT2D eigenvalue weighted by Gasteiger charge is -2.39. The highest BCUT2D eigenvalue weighted by Crippen LogP contribution is 2.38. The van der Waals surface area contributed by atoms with Crippen LogP contribution in [0.1, 0.15) is 37.1 Å². The number of nitrogens with one attached hydrogen (secondary N) is 4. The van der Waals surface area contributed by atoms with Gasteiger partial charge in [-0.25, -0.2) is 9.97 Å². The summed E-state index contributed by atoms with van der Waals surface area (Å²) in [6.45, 7) is 4.43. The highest BCUT2D eigenvalue weighted by molar-refractivity contribution is 5.96. The number of rotatable bonds is 6. The predicted molar refractivity (Wildman–Crippen MR) is 122 cm³/mol. The average molecular weight is 434 g/mol. The van der Waals surface area contributed by atoms with Crippen molar-refractivity contribution in [2.75, 3.05) is 17.7 Å². The Hall–Kier alpha value is -3.72. The van der Waals surface area contributed by atoms with Gasteiger partial charge in [0.1, 0.15) is 11.6 Å². The smallest absolute Gasteiger partial charge is 0.248 e. The number of carbonyl (C=O) groups is 2. The topological polar surface area (TPSA) is 134 Å². The second kappa shape index (κ2) is 8.08. The number of amides is 2. The average Bonchev–Trinajstić information content (AvgIpc) is 2.76. The second-order valence-electron chi connectivity index (χ2n) is 8.55. The lowest BCUT2D eigenvalue weighted by molar-refractivity contribution is -0.118. The van der Waals surface area contributed by atoms with Crippen molar-refractivity contribution < 1.29 is 9.59 Å². The number of hydrogen-bond acceptors (Lipinski definition) is 7. The lowest BCUT2D eigenvalue weighted by atomic mass is 9.79. The summed E-state index contributed by atoms with van der Waals surface area (Å²) in [5.41, 5.74) is 6.98. The SMILES string of the molecule is CNc1cc(CNC2(c3ccc4c(n3)NC(=O)CC4(C)C)NC=CC=C2C(N)=O)ccn1. The Bertz CT molecular complexity index is 1140. The fraction of sp³-hybridized carbons (Fsp3) is 0.304. The first-order valence-electron chi connectivity index (χ1n) is 10.4. The van der Waals surface area contributed by atoms with E-state index in [4.69, 9.17) is 10.7 Å². The molecule has 0 aromatic carbocycles. The summed E-state index contributed by atoms with van der Waals surface area (Å²) in [7, 11) is 1.80. The molecule has 1 unspecified atom stereocenters. The first-order chi connectivity index (χ1) is 15.2. The van der Waals surface area contributed by atoms with Gasteiger partial charge in [-0.05, 0) is 42.1 Å². The highest BCUT2D eigenvalue weighted by atomic mass is 16.2. The second-order valence-corrected chi connectivity index (χ2v) is 8.55. The molecule has 2 aliphatic rings. The molecule has 4 heterocycles. The number of allylic oxidation sites excluding steroid dienone is 2. The van der Waals surface area contributed by atoms with Gasteiger partial charge in [0, 0.05) is 37.2 Å². The molecule has 9 heteroatoms. The molecular weight excluding hydrogens is 406 g/mol. The molecule has 166 valence electrons.